The molecule has 3 heteroatoms. The molecule has 8 rings (SSSR count). The van der Waals surface area contributed by atoms with Crippen LogP contribution in [-0.4, -0.2) is 9.97 Å². The summed E-state index contributed by atoms with van der Waals surface area (Å²) in [6, 6.07) is 53.0. The minimum absolute atomic E-state index is 0. The molecule has 0 amide bonds. The fourth-order valence-corrected chi connectivity index (χ4v) is 5.86. The Bertz CT molecular complexity index is 2300. The Labute approximate surface area is 290 Å². The third kappa shape index (κ3) is 6.93. The fourth-order valence-electron chi connectivity index (χ4n) is 5.86. The second-order valence-corrected chi connectivity index (χ2v) is 12.5. The Morgan fingerprint density at radius 2 is 1.30 bits per heavy atom. The van der Waals surface area contributed by atoms with Crippen molar-refractivity contribution in [3.63, 3.8) is 0 Å². The van der Waals surface area contributed by atoms with Crippen LogP contribution in [0.3, 0.4) is 0 Å². The molecular formula is C44H33IrN2. The summed E-state index contributed by atoms with van der Waals surface area (Å²) in [5.41, 5.74) is 7.69. The van der Waals surface area contributed by atoms with E-state index in [1.54, 1.807) is 0 Å². The predicted octanol–water partition coefficient (Wildman–Crippen LogP) is 11.3. The van der Waals surface area contributed by atoms with Gasteiger partial charge >= 0.3 is 20.1 Å². The molecule has 0 saturated carbocycles. The van der Waals surface area contributed by atoms with Crippen molar-refractivity contribution in [2.75, 3.05) is 0 Å². The van der Waals surface area contributed by atoms with Gasteiger partial charge < -0.3 is 9.97 Å². The van der Waals surface area contributed by atoms with Gasteiger partial charge in [0.05, 0.1) is 0 Å². The molecule has 2 aromatic heterocycles. The molecule has 8 aromatic rings. The van der Waals surface area contributed by atoms with E-state index < -0.39 is 0 Å². The molecule has 0 spiro atoms. The summed E-state index contributed by atoms with van der Waals surface area (Å²) < 4.78 is 0. The topological polar surface area (TPSA) is 25.8 Å². The average Bonchev–Trinajstić information content (AvgIpc) is 3.11. The Kier molecular flexibility index (Phi) is 9.40. The molecular weight excluding hydrogens is 749 g/mol. The summed E-state index contributed by atoms with van der Waals surface area (Å²) >= 11 is 0. The number of pyridine rings is 2. The molecule has 47 heavy (non-hydrogen) atoms. The van der Waals surface area contributed by atoms with Crippen LogP contribution >= 0.6 is 0 Å². The van der Waals surface area contributed by atoms with Crippen LogP contribution in [0, 0.1) is 18.3 Å². The molecule has 0 aliphatic rings. The Balaban J connectivity index is 0.000000166. The second kappa shape index (κ2) is 13.8. The van der Waals surface area contributed by atoms with E-state index >= 15 is 0 Å². The van der Waals surface area contributed by atoms with Crippen LogP contribution in [0.15, 0.2) is 146 Å². The molecule has 0 saturated heterocycles. The van der Waals surface area contributed by atoms with Gasteiger partial charge in [-0.3, -0.25) is 0 Å². The van der Waals surface area contributed by atoms with E-state index in [1.807, 2.05) is 36.7 Å². The van der Waals surface area contributed by atoms with Crippen LogP contribution in [0.5, 0.6) is 0 Å². The van der Waals surface area contributed by atoms with Crippen molar-refractivity contribution in [2.24, 2.45) is 0 Å². The van der Waals surface area contributed by atoms with Gasteiger partial charge in [-0.2, -0.15) is 24.3 Å². The van der Waals surface area contributed by atoms with Gasteiger partial charge in [0.15, 0.2) is 0 Å². The van der Waals surface area contributed by atoms with Gasteiger partial charge in [-0.05, 0) is 38.9 Å². The number of rotatable bonds is 3. The van der Waals surface area contributed by atoms with Gasteiger partial charge in [0.2, 0.25) is 0 Å². The maximum Gasteiger partial charge on any atom is 3.00 e. The first-order valence-corrected chi connectivity index (χ1v) is 15.6. The summed E-state index contributed by atoms with van der Waals surface area (Å²) in [5, 5.41) is 7.47. The van der Waals surface area contributed by atoms with Crippen molar-refractivity contribution >= 4 is 32.3 Å². The Morgan fingerprint density at radius 1 is 0.574 bits per heavy atom. The molecule has 0 aliphatic carbocycles. The summed E-state index contributed by atoms with van der Waals surface area (Å²) in [6.45, 7) is 6.67. The first-order valence-electron chi connectivity index (χ1n) is 15.6. The van der Waals surface area contributed by atoms with Crippen LogP contribution in [-0.2, 0) is 25.5 Å². The van der Waals surface area contributed by atoms with Gasteiger partial charge in [0, 0.05) is 6.20 Å². The van der Waals surface area contributed by atoms with E-state index in [2.05, 4.69) is 158 Å². The summed E-state index contributed by atoms with van der Waals surface area (Å²) in [5.74, 6) is 0. The Hall–Kier alpha value is -4.95. The van der Waals surface area contributed by atoms with E-state index in [0.29, 0.717) is 0 Å². The minimum atomic E-state index is 0. The largest absolute Gasteiger partial charge is 3.00 e. The number of aromatic nitrogens is 2. The molecule has 0 radical (unpaired) electrons. The van der Waals surface area contributed by atoms with Crippen LogP contribution in [0.2, 0.25) is 0 Å². The molecule has 0 aliphatic heterocycles. The van der Waals surface area contributed by atoms with Crippen molar-refractivity contribution in [3.8, 4) is 33.5 Å². The molecule has 228 valence electrons. The van der Waals surface area contributed by atoms with Crippen molar-refractivity contribution in [1.29, 1.82) is 0 Å². The third-order valence-electron chi connectivity index (χ3n) is 8.36. The van der Waals surface area contributed by atoms with E-state index in [-0.39, 0.29) is 25.5 Å². The van der Waals surface area contributed by atoms with E-state index in [9.17, 15) is 0 Å². The van der Waals surface area contributed by atoms with Gasteiger partial charge in [-0.25, -0.2) is 11.1 Å². The monoisotopic (exact) mass is 782 g/mol. The molecule has 2 nitrogen and oxygen atoms in total. The Morgan fingerprint density at radius 3 is 2.09 bits per heavy atom. The standard InChI is InChI=1S/C25H21N.C19H12N.Ir/c1-25(2,3)22-11-6-10-19(15-22)20-14-21(17-26-16-20)24-13-7-9-18-8-4-5-12-23(18)24;1-2-6-17-14(5-1)8-9-15-13-16(10-11-18(15)17)19-7-3-4-12-20-19;/h4-9,11-15,17H,1-3H3;1-9,11-13H;/q-2;-1;+3. The fraction of sp³-hybridized carbons (Fsp3) is 0.0909. The molecule has 0 unspecified atom stereocenters. The van der Waals surface area contributed by atoms with Crippen molar-refractivity contribution in [2.45, 2.75) is 26.2 Å². The SMILES string of the molecule is CC(C)(C)c1cc[c-]c(-c2[c-]ncc(-c3cccc4ccccc34)c2)c1.[Ir+3].[c-]1cc2c(ccc3ccccc32)cc1-c1ccccn1. The quantitative estimate of drug-likeness (QED) is 0.132. The number of benzene rings is 6. The first kappa shape index (κ1) is 32.0. The number of hydrogen-bond acceptors (Lipinski definition) is 2. The van der Waals surface area contributed by atoms with Gasteiger partial charge in [-0.15, -0.1) is 40.8 Å². The number of nitrogens with zero attached hydrogens (tertiary/aromatic N) is 2. The van der Waals surface area contributed by atoms with Crippen molar-refractivity contribution in [1.82, 2.24) is 9.97 Å². The third-order valence-corrected chi connectivity index (χ3v) is 8.36. The molecule has 0 N–H and O–H groups in total. The smallest absolute Gasteiger partial charge is 0.370 e. The average molecular weight is 782 g/mol. The van der Waals surface area contributed by atoms with E-state index in [4.69, 9.17) is 0 Å². The zero-order valence-electron chi connectivity index (χ0n) is 26.6. The van der Waals surface area contributed by atoms with Crippen molar-refractivity contribution in [3.05, 3.63) is 170 Å². The van der Waals surface area contributed by atoms with Gasteiger partial charge in [-0.1, -0.05) is 140 Å². The second-order valence-electron chi connectivity index (χ2n) is 12.5. The van der Waals surface area contributed by atoms with Crippen molar-refractivity contribution < 1.29 is 20.1 Å². The molecule has 0 bridgehead atoms. The van der Waals surface area contributed by atoms with Crippen LogP contribution in [0.25, 0.3) is 65.8 Å². The van der Waals surface area contributed by atoms with E-state index in [1.165, 1.54) is 43.4 Å². The zero-order valence-corrected chi connectivity index (χ0v) is 29.0. The summed E-state index contributed by atoms with van der Waals surface area (Å²) in [7, 11) is 0. The summed E-state index contributed by atoms with van der Waals surface area (Å²) in [4.78, 5) is 8.78. The minimum Gasteiger partial charge on any atom is -0.370 e. The molecule has 0 atom stereocenters. The van der Waals surface area contributed by atoms with Gasteiger partial charge in [0.25, 0.3) is 0 Å². The molecule has 2 heterocycles. The predicted molar refractivity (Wildman–Crippen MR) is 193 cm³/mol. The summed E-state index contributed by atoms with van der Waals surface area (Å²) in [6.07, 6.45) is 6.84. The number of hydrogen-bond donors (Lipinski definition) is 0. The maximum atomic E-state index is 4.39. The maximum absolute atomic E-state index is 4.39. The number of fused-ring (bicyclic) bond motifs is 4. The molecule has 6 aromatic carbocycles. The first-order chi connectivity index (χ1) is 22.4. The van der Waals surface area contributed by atoms with E-state index in [0.717, 1.165) is 27.9 Å². The van der Waals surface area contributed by atoms with Crippen LogP contribution in [0.1, 0.15) is 26.3 Å². The van der Waals surface area contributed by atoms with Crippen LogP contribution in [0.4, 0.5) is 0 Å². The normalized spacial score (nSPS) is 11.1. The van der Waals surface area contributed by atoms with Crippen LogP contribution < -0.4 is 0 Å². The van der Waals surface area contributed by atoms with Gasteiger partial charge in [0.1, 0.15) is 0 Å². The zero-order chi connectivity index (χ0) is 31.5. The molecule has 0 fully saturated rings.